The minimum Gasteiger partial charge on any atom is -0.346 e. The summed E-state index contributed by atoms with van der Waals surface area (Å²) in [4.78, 5) is 30.8. The molecule has 0 bridgehead atoms. The third-order valence-electron chi connectivity index (χ3n) is 4.94. The maximum Gasteiger partial charge on any atom is 0.241 e. The average molecular weight is 447 g/mol. The number of thiazole rings is 1. The molecule has 9 heteroatoms. The third-order valence-corrected chi connectivity index (χ3v) is 6.14. The van der Waals surface area contributed by atoms with Crippen LogP contribution in [0.1, 0.15) is 37.6 Å². The zero-order valence-electron chi connectivity index (χ0n) is 16.1. The van der Waals surface area contributed by atoms with E-state index in [1.54, 1.807) is 11.3 Å². The molecule has 0 unspecified atom stereocenters. The quantitative estimate of drug-likeness (QED) is 0.738. The van der Waals surface area contributed by atoms with Crippen LogP contribution in [0.2, 0.25) is 0 Å². The summed E-state index contributed by atoms with van der Waals surface area (Å²) in [6.45, 7) is 5.19. The molecule has 0 saturated carbocycles. The van der Waals surface area contributed by atoms with Gasteiger partial charge in [-0.2, -0.15) is 0 Å². The van der Waals surface area contributed by atoms with Gasteiger partial charge in [0.15, 0.2) is 0 Å². The van der Waals surface area contributed by atoms with Gasteiger partial charge in [0.1, 0.15) is 0 Å². The maximum absolute atomic E-state index is 12.3. The Morgan fingerprint density at radius 1 is 1.25 bits per heavy atom. The predicted molar refractivity (Wildman–Crippen MR) is 118 cm³/mol. The van der Waals surface area contributed by atoms with Gasteiger partial charge in [-0.3, -0.25) is 9.59 Å². The summed E-state index contributed by atoms with van der Waals surface area (Å²) in [6.07, 6.45) is 1.82. The monoisotopic (exact) mass is 446 g/mol. The summed E-state index contributed by atoms with van der Waals surface area (Å²) in [6, 6.07) is 7.60. The Kier molecular flexibility index (Phi) is 9.63. The van der Waals surface area contributed by atoms with E-state index in [0.29, 0.717) is 19.0 Å². The van der Waals surface area contributed by atoms with Crippen LogP contribution >= 0.6 is 36.2 Å². The van der Waals surface area contributed by atoms with Gasteiger partial charge in [0, 0.05) is 19.0 Å². The number of hydrogen-bond donors (Lipinski definition) is 2. The van der Waals surface area contributed by atoms with E-state index in [0.717, 1.165) is 23.4 Å². The summed E-state index contributed by atoms with van der Waals surface area (Å²) in [5, 5.41) is 3.82. The van der Waals surface area contributed by atoms with Crippen molar-refractivity contribution in [1.82, 2.24) is 15.2 Å². The lowest BCUT2D eigenvalue weighted by molar-refractivity contribution is -0.134. The molecule has 1 saturated heterocycles. The zero-order chi connectivity index (χ0) is 18.7. The molecule has 2 heterocycles. The second-order valence-corrected chi connectivity index (χ2v) is 8.22. The Balaban J connectivity index is 0.00000196. The normalized spacial score (nSPS) is 15.6. The number of nitrogens with one attached hydrogen (secondary N) is 1. The van der Waals surface area contributed by atoms with Gasteiger partial charge >= 0.3 is 0 Å². The highest BCUT2D eigenvalue weighted by Crippen LogP contribution is 2.33. The second-order valence-electron chi connectivity index (χ2n) is 7.16. The van der Waals surface area contributed by atoms with Gasteiger partial charge in [-0.1, -0.05) is 26.0 Å². The Bertz CT molecular complexity index is 758. The molecule has 0 spiro atoms. The van der Waals surface area contributed by atoms with Crippen LogP contribution in [0.15, 0.2) is 24.3 Å². The molecule has 3 N–H and O–H groups in total. The van der Waals surface area contributed by atoms with Gasteiger partial charge in [-0.05, 0) is 30.9 Å². The first-order valence-electron chi connectivity index (χ1n) is 9.12. The fourth-order valence-electron chi connectivity index (χ4n) is 3.14. The van der Waals surface area contributed by atoms with Gasteiger partial charge < -0.3 is 16.0 Å². The fraction of sp³-hybridized carbons (Fsp3) is 0.526. The van der Waals surface area contributed by atoms with Crippen LogP contribution in [0, 0.1) is 5.92 Å². The molecule has 1 aromatic carbocycles. The van der Waals surface area contributed by atoms with Gasteiger partial charge in [0.2, 0.25) is 11.8 Å². The molecule has 1 aromatic heterocycles. The number of likely N-dealkylation sites (tertiary alicyclic amines) is 1. The first kappa shape index (κ1) is 24.6. The minimum atomic E-state index is -0.576. The number of rotatable bonds is 5. The number of fused-ring (bicyclic) bond motifs is 1. The second kappa shape index (κ2) is 11.0. The number of aromatic nitrogens is 1. The van der Waals surface area contributed by atoms with Gasteiger partial charge in [-0.25, -0.2) is 4.98 Å². The summed E-state index contributed by atoms with van der Waals surface area (Å²) in [5.41, 5.74) is 6.85. The highest BCUT2D eigenvalue weighted by atomic mass is 35.5. The van der Waals surface area contributed by atoms with Crippen molar-refractivity contribution in [3.63, 3.8) is 0 Å². The van der Waals surface area contributed by atoms with Crippen molar-refractivity contribution in [3.8, 4) is 0 Å². The van der Waals surface area contributed by atoms with Gasteiger partial charge in [0.25, 0.3) is 0 Å². The van der Waals surface area contributed by atoms with E-state index in [4.69, 9.17) is 10.7 Å². The van der Waals surface area contributed by atoms with Crippen molar-refractivity contribution in [1.29, 1.82) is 0 Å². The maximum atomic E-state index is 12.3. The fourth-order valence-corrected chi connectivity index (χ4v) is 4.27. The first-order valence-corrected chi connectivity index (χ1v) is 9.94. The van der Waals surface area contributed by atoms with E-state index in [1.165, 1.54) is 4.70 Å². The highest BCUT2D eigenvalue weighted by Gasteiger charge is 2.26. The van der Waals surface area contributed by atoms with Gasteiger partial charge in [-0.15, -0.1) is 36.2 Å². The molecular weight excluding hydrogens is 419 g/mol. The van der Waals surface area contributed by atoms with E-state index in [2.05, 4.69) is 11.4 Å². The van der Waals surface area contributed by atoms with Crippen molar-refractivity contribution >= 4 is 58.2 Å². The van der Waals surface area contributed by atoms with Crippen LogP contribution in [0.5, 0.6) is 0 Å². The van der Waals surface area contributed by atoms with Crippen LogP contribution in [0.4, 0.5) is 0 Å². The molecule has 0 radical (unpaired) electrons. The van der Waals surface area contributed by atoms with E-state index in [9.17, 15) is 9.59 Å². The van der Waals surface area contributed by atoms with Crippen molar-refractivity contribution < 1.29 is 9.59 Å². The number of nitrogens with zero attached hydrogens (tertiary/aromatic N) is 2. The van der Waals surface area contributed by atoms with Crippen molar-refractivity contribution in [3.05, 3.63) is 29.3 Å². The number of nitrogens with two attached hydrogens (primary N) is 1. The van der Waals surface area contributed by atoms with Crippen LogP contribution in [-0.4, -0.2) is 47.4 Å². The number of amides is 2. The topological polar surface area (TPSA) is 88.3 Å². The number of hydrogen-bond acceptors (Lipinski definition) is 5. The Hall–Kier alpha value is -1.41. The molecule has 28 heavy (non-hydrogen) atoms. The largest absolute Gasteiger partial charge is 0.346 e. The van der Waals surface area contributed by atoms with E-state index in [1.807, 2.05) is 36.9 Å². The van der Waals surface area contributed by atoms with Crippen molar-refractivity contribution in [2.75, 3.05) is 19.6 Å². The number of carbonyl (C=O) groups excluding carboxylic acids is 2. The summed E-state index contributed by atoms with van der Waals surface area (Å²) in [5.74, 6) is 0.143. The highest BCUT2D eigenvalue weighted by molar-refractivity contribution is 7.18. The summed E-state index contributed by atoms with van der Waals surface area (Å²) < 4.78 is 1.21. The molecule has 1 aliphatic heterocycles. The molecule has 0 aliphatic carbocycles. The lowest BCUT2D eigenvalue weighted by Crippen LogP contribution is -2.49. The lowest BCUT2D eigenvalue weighted by Gasteiger charge is -2.31. The Morgan fingerprint density at radius 2 is 1.89 bits per heavy atom. The Labute approximate surface area is 182 Å². The minimum absolute atomic E-state index is 0. The number of carbonyl (C=O) groups is 2. The molecule has 1 aliphatic rings. The van der Waals surface area contributed by atoms with Crippen molar-refractivity contribution in [2.24, 2.45) is 11.7 Å². The SMILES string of the molecule is CC(C)[C@H](N)C(=O)NCC(=O)N1CCC(c2nc3ccccc3s2)CC1.Cl.Cl. The molecule has 156 valence electrons. The molecule has 3 rings (SSSR count). The lowest BCUT2D eigenvalue weighted by atomic mass is 9.97. The number of halogens is 2. The molecule has 6 nitrogen and oxygen atoms in total. The number of piperidine rings is 1. The first-order chi connectivity index (χ1) is 12.5. The number of para-hydroxylation sites is 1. The smallest absolute Gasteiger partial charge is 0.241 e. The van der Waals surface area contributed by atoms with Crippen LogP contribution in [-0.2, 0) is 9.59 Å². The van der Waals surface area contributed by atoms with Crippen LogP contribution < -0.4 is 11.1 Å². The molecule has 2 aromatic rings. The van der Waals surface area contributed by atoms with E-state index >= 15 is 0 Å². The van der Waals surface area contributed by atoms with Crippen LogP contribution in [0.25, 0.3) is 10.2 Å². The van der Waals surface area contributed by atoms with E-state index in [-0.39, 0.29) is 49.1 Å². The Morgan fingerprint density at radius 3 is 2.50 bits per heavy atom. The summed E-state index contributed by atoms with van der Waals surface area (Å²) in [7, 11) is 0. The molecule has 1 fully saturated rings. The standard InChI is InChI=1S/C19H26N4O2S.2ClH/c1-12(2)17(20)18(25)21-11-16(24)23-9-7-13(8-10-23)19-22-14-5-3-4-6-15(14)26-19;;/h3-6,12-13,17H,7-11,20H2,1-2H3,(H,21,25);2*1H/t17-;;/m0../s1. The summed E-state index contributed by atoms with van der Waals surface area (Å²) >= 11 is 1.75. The average Bonchev–Trinajstić information content (AvgIpc) is 3.09. The van der Waals surface area contributed by atoms with Crippen LogP contribution in [0.3, 0.4) is 0 Å². The molecule has 1 atom stereocenters. The predicted octanol–water partition coefficient (Wildman–Crippen LogP) is 2.95. The third kappa shape index (κ3) is 5.80. The number of benzene rings is 1. The zero-order valence-corrected chi connectivity index (χ0v) is 18.5. The van der Waals surface area contributed by atoms with E-state index < -0.39 is 6.04 Å². The molecular formula is C19H28Cl2N4O2S. The van der Waals surface area contributed by atoms with Gasteiger partial charge in [0.05, 0.1) is 27.8 Å². The molecule has 2 amide bonds. The van der Waals surface area contributed by atoms with Crippen molar-refractivity contribution in [2.45, 2.75) is 38.6 Å².